The molecule has 0 radical (unpaired) electrons. The molecule has 1 aliphatic heterocycles. The molecule has 23 heavy (non-hydrogen) atoms. The van der Waals surface area contributed by atoms with Crippen molar-refractivity contribution in [1.29, 1.82) is 0 Å². The van der Waals surface area contributed by atoms with Crippen molar-refractivity contribution in [3.05, 3.63) is 0 Å². The SMILES string of the molecule is CC1(C)CC(NC(=O)COC(=O)CC2CCCC2)CC(C)(C)N1. The molecule has 5 nitrogen and oxygen atoms in total. The minimum atomic E-state index is -0.238. The Bertz CT molecular complexity index is 424. The van der Waals surface area contributed by atoms with Crippen molar-refractivity contribution in [3.8, 4) is 0 Å². The van der Waals surface area contributed by atoms with E-state index in [1.54, 1.807) is 0 Å². The van der Waals surface area contributed by atoms with Gasteiger partial charge in [-0.15, -0.1) is 0 Å². The summed E-state index contributed by atoms with van der Waals surface area (Å²) in [5, 5.41) is 6.61. The summed E-state index contributed by atoms with van der Waals surface area (Å²) in [6.07, 6.45) is 6.84. The third-order valence-electron chi connectivity index (χ3n) is 4.85. The quantitative estimate of drug-likeness (QED) is 0.763. The van der Waals surface area contributed by atoms with E-state index in [2.05, 4.69) is 38.3 Å². The molecule has 1 saturated carbocycles. The maximum Gasteiger partial charge on any atom is 0.306 e. The second-order valence-electron chi connectivity index (χ2n) is 8.58. The van der Waals surface area contributed by atoms with Crippen LogP contribution in [-0.2, 0) is 14.3 Å². The molecule has 0 unspecified atom stereocenters. The maximum atomic E-state index is 12.1. The van der Waals surface area contributed by atoms with E-state index in [-0.39, 0.29) is 35.6 Å². The van der Waals surface area contributed by atoms with Gasteiger partial charge in [0.1, 0.15) is 0 Å². The summed E-state index contributed by atoms with van der Waals surface area (Å²) in [5.74, 6) is 0.0258. The van der Waals surface area contributed by atoms with Crippen LogP contribution in [0.15, 0.2) is 0 Å². The lowest BCUT2D eigenvalue weighted by molar-refractivity contribution is -0.149. The minimum Gasteiger partial charge on any atom is -0.456 e. The summed E-state index contributed by atoms with van der Waals surface area (Å²) in [5.41, 5.74) is -0.0301. The molecule has 0 spiro atoms. The van der Waals surface area contributed by atoms with Crippen LogP contribution in [-0.4, -0.2) is 35.6 Å². The zero-order valence-electron chi connectivity index (χ0n) is 15.0. The standard InChI is InChI=1S/C18H32N2O3/c1-17(2)10-14(11-18(3,4)20-17)19-15(21)12-23-16(22)9-13-7-5-6-8-13/h13-14,20H,5-12H2,1-4H3,(H,19,21). The Kier molecular flexibility index (Phi) is 5.71. The molecule has 0 aromatic rings. The normalized spacial score (nSPS) is 24.3. The van der Waals surface area contributed by atoms with Gasteiger partial charge in [-0.05, 0) is 59.3 Å². The van der Waals surface area contributed by atoms with Crippen molar-refractivity contribution in [2.24, 2.45) is 5.92 Å². The second kappa shape index (κ2) is 7.20. The molecule has 1 aliphatic carbocycles. The van der Waals surface area contributed by atoms with E-state index < -0.39 is 0 Å². The minimum absolute atomic E-state index is 0.0150. The summed E-state index contributed by atoms with van der Waals surface area (Å²) in [7, 11) is 0. The highest BCUT2D eigenvalue weighted by atomic mass is 16.5. The Hall–Kier alpha value is -1.10. The first kappa shape index (κ1) is 18.2. The molecule has 2 N–H and O–H groups in total. The number of carbonyl (C=O) groups is 2. The van der Waals surface area contributed by atoms with Gasteiger partial charge in [0.15, 0.2) is 6.61 Å². The van der Waals surface area contributed by atoms with Gasteiger partial charge in [0.25, 0.3) is 5.91 Å². The number of nitrogens with one attached hydrogen (secondary N) is 2. The maximum absolute atomic E-state index is 12.1. The zero-order chi connectivity index (χ0) is 17.1. The summed E-state index contributed by atoms with van der Waals surface area (Å²) >= 11 is 0. The van der Waals surface area contributed by atoms with E-state index in [0.717, 1.165) is 25.7 Å². The van der Waals surface area contributed by atoms with Gasteiger partial charge >= 0.3 is 5.97 Å². The smallest absolute Gasteiger partial charge is 0.306 e. The Morgan fingerprint density at radius 1 is 1.09 bits per heavy atom. The third-order valence-corrected chi connectivity index (χ3v) is 4.85. The average molecular weight is 324 g/mol. The van der Waals surface area contributed by atoms with Gasteiger partial charge in [-0.3, -0.25) is 9.59 Å². The van der Waals surface area contributed by atoms with Crippen LogP contribution in [0.25, 0.3) is 0 Å². The van der Waals surface area contributed by atoms with E-state index >= 15 is 0 Å². The lowest BCUT2D eigenvalue weighted by Gasteiger charge is -2.46. The monoisotopic (exact) mass is 324 g/mol. The van der Waals surface area contributed by atoms with Crippen LogP contribution in [0.4, 0.5) is 0 Å². The van der Waals surface area contributed by atoms with Crippen LogP contribution in [0.2, 0.25) is 0 Å². The molecule has 132 valence electrons. The fraction of sp³-hybridized carbons (Fsp3) is 0.889. The van der Waals surface area contributed by atoms with Crippen molar-refractivity contribution in [1.82, 2.24) is 10.6 Å². The molecule has 0 bridgehead atoms. The fourth-order valence-electron chi connectivity index (χ4n) is 4.35. The molecule has 1 amide bonds. The highest BCUT2D eigenvalue weighted by molar-refractivity contribution is 5.80. The first-order valence-electron chi connectivity index (χ1n) is 8.90. The number of piperidine rings is 1. The number of amides is 1. The summed E-state index contributed by atoms with van der Waals surface area (Å²) in [6, 6.07) is 0.113. The Morgan fingerprint density at radius 3 is 2.22 bits per heavy atom. The molecule has 0 aromatic heterocycles. The van der Waals surface area contributed by atoms with Crippen molar-refractivity contribution in [2.45, 2.75) is 89.8 Å². The van der Waals surface area contributed by atoms with E-state index in [4.69, 9.17) is 4.74 Å². The largest absolute Gasteiger partial charge is 0.456 e. The number of ether oxygens (including phenoxy) is 1. The van der Waals surface area contributed by atoms with Crippen molar-refractivity contribution >= 4 is 11.9 Å². The van der Waals surface area contributed by atoms with Gasteiger partial charge in [0, 0.05) is 23.5 Å². The van der Waals surface area contributed by atoms with Gasteiger partial charge in [0.2, 0.25) is 0 Å². The van der Waals surface area contributed by atoms with E-state index in [0.29, 0.717) is 12.3 Å². The highest BCUT2D eigenvalue weighted by Gasteiger charge is 2.38. The Morgan fingerprint density at radius 2 is 1.65 bits per heavy atom. The van der Waals surface area contributed by atoms with Gasteiger partial charge in [-0.2, -0.15) is 0 Å². The van der Waals surface area contributed by atoms with Crippen LogP contribution >= 0.6 is 0 Å². The number of rotatable bonds is 5. The molecular formula is C18H32N2O3. The Labute approximate surface area is 139 Å². The van der Waals surface area contributed by atoms with Crippen LogP contribution in [0.3, 0.4) is 0 Å². The molecule has 2 fully saturated rings. The van der Waals surface area contributed by atoms with Crippen LogP contribution in [0.1, 0.15) is 72.6 Å². The summed E-state index contributed by atoms with van der Waals surface area (Å²) < 4.78 is 5.14. The second-order valence-corrected chi connectivity index (χ2v) is 8.58. The van der Waals surface area contributed by atoms with Crippen LogP contribution in [0, 0.1) is 5.92 Å². The number of esters is 1. The zero-order valence-corrected chi connectivity index (χ0v) is 15.0. The van der Waals surface area contributed by atoms with E-state index in [9.17, 15) is 9.59 Å². The van der Waals surface area contributed by atoms with E-state index in [1.165, 1.54) is 12.8 Å². The van der Waals surface area contributed by atoms with Gasteiger partial charge in [-0.1, -0.05) is 12.8 Å². The summed E-state index contributed by atoms with van der Waals surface area (Å²) in [4.78, 5) is 23.9. The van der Waals surface area contributed by atoms with E-state index in [1.807, 2.05) is 0 Å². The van der Waals surface area contributed by atoms with Crippen LogP contribution in [0.5, 0.6) is 0 Å². The first-order valence-corrected chi connectivity index (χ1v) is 8.90. The highest BCUT2D eigenvalue weighted by Crippen LogP contribution is 2.29. The molecule has 2 rings (SSSR count). The predicted octanol–water partition coefficient (Wildman–Crippen LogP) is 2.54. The van der Waals surface area contributed by atoms with Gasteiger partial charge in [0.05, 0.1) is 0 Å². The molecule has 5 heteroatoms. The molecule has 2 aliphatic rings. The first-order chi connectivity index (χ1) is 10.7. The number of carbonyl (C=O) groups excluding carboxylic acids is 2. The number of hydrogen-bond acceptors (Lipinski definition) is 4. The molecule has 0 aromatic carbocycles. The van der Waals surface area contributed by atoms with Crippen molar-refractivity contribution in [3.63, 3.8) is 0 Å². The molecular weight excluding hydrogens is 292 g/mol. The van der Waals surface area contributed by atoms with Crippen LogP contribution < -0.4 is 10.6 Å². The third kappa shape index (κ3) is 6.13. The Balaban J connectivity index is 1.72. The topological polar surface area (TPSA) is 67.4 Å². The molecule has 1 heterocycles. The lowest BCUT2D eigenvalue weighted by Crippen LogP contribution is -2.62. The molecule has 0 atom stereocenters. The van der Waals surface area contributed by atoms with Gasteiger partial charge in [-0.25, -0.2) is 0 Å². The molecule has 1 saturated heterocycles. The summed E-state index contributed by atoms with van der Waals surface area (Å²) in [6.45, 7) is 8.43. The average Bonchev–Trinajstić information content (AvgIpc) is 2.85. The van der Waals surface area contributed by atoms with Crippen molar-refractivity contribution in [2.75, 3.05) is 6.61 Å². The fourth-order valence-corrected chi connectivity index (χ4v) is 4.35. The van der Waals surface area contributed by atoms with Crippen molar-refractivity contribution < 1.29 is 14.3 Å². The number of hydrogen-bond donors (Lipinski definition) is 2. The predicted molar refractivity (Wildman–Crippen MR) is 90.0 cm³/mol. The van der Waals surface area contributed by atoms with Gasteiger partial charge < -0.3 is 15.4 Å². The lowest BCUT2D eigenvalue weighted by atomic mass is 9.79.